The van der Waals surface area contributed by atoms with Gasteiger partial charge in [-0.3, -0.25) is 9.78 Å². The van der Waals surface area contributed by atoms with Crippen molar-refractivity contribution in [2.24, 2.45) is 5.73 Å². The monoisotopic (exact) mass is 295 g/mol. The van der Waals surface area contributed by atoms with E-state index < -0.39 is 0 Å². The molecule has 0 spiro atoms. The highest BCUT2D eigenvalue weighted by Gasteiger charge is 2.09. The summed E-state index contributed by atoms with van der Waals surface area (Å²) in [5.74, 6) is 5.69. The molecule has 0 fully saturated rings. The van der Waals surface area contributed by atoms with E-state index in [1.807, 2.05) is 25.3 Å². The number of nitrogens with zero attached hydrogens (tertiary/aromatic N) is 1. The number of benzene rings is 1. The van der Waals surface area contributed by atoms with Gasteiger partial charge in [0.2, 0.25) is 5.91 Å². The zero-order chi connectivity index (χ0) is 15.9. The van der Waals surface area contributed by atoms with Crippen LogP contribution >= 0.6 is 0 Å². The van der Waals surface area contributed by atoms with E-state index >= 15 is 0 Å². The number of aromatic nitrogens is 1. The maximum Gasteiger partial charge on any atom is 0.217 e. The minimum absolute atomic E-state index is 0.286. The maximum absolute atomic E-state index is 10.8. The number of nitrogen functional groups attached to an aromatic ring is 1. The van der Waals surface area contributed by atoms with Crippen LogP contribution in [-0.2, 0) is 17.6 Å². The molecule has 1 heterocycles. The van der Waals surface area contributed by atoms with Gasteiger partial charge in [-0.15, -0.1) is 11.8 Å². The summed E-state index contributed by atoms with van der Waals surface area (Å²) >= 11 is 0. The minimum Gasteiger partial charge on any atom is -0.398 e. The zero-order valence-electron chi connectivity index (χ0n) is 12.9. The third-order valence-electron chi connectivity index (χ3n) is 3.67. The first-order chi connectivity index (χ1) is 10.6. The average molecular weight is 295 g/mol. The van der Waals surface area contributed by atoms with Gasteiger partial charge in [0.15, 0.2) is 0 Å². The number of amides is 1. The van der Waals surface area contributed by atoms with E-state index in [-0.39, 0.29) is 5.91 Å². The molecule has 1 aromatic heterocycles. The molecule has 1 amide bonds. The van der Waals surface area contributed by atoms with E-state index in [0.717, 1.165) is 40.6 Å². The quantitative estimate of drug-likeness (QED) is 0.804. The van der Waals surface area contributed by atoms with Crippen LogP contribution in [0.1, 0.15) is 37.3 Å². The molecule has 114 valence electrons. The van der Waals surface area contributed by atoms with Crippen LogP contribution in [0.5, 0.6) is 0 Å². The Kier molecular flexibility index (Phi) is 5.37. The van der Waals surface area contributed by atoms with Crippen molar-refractivity contribution in [1.29, 1.82) is 0 Å². The van der Waals surface area contributed by atoms with Crippen LogP contribution in [0.2, 0.25) is 0 Å². The Balaban J connectivity index is 2.27. The van der Waals surface area contributed by atoms with Crippen molar-refractivity contribution < 1.29 is 4.79 Å². The van der Waals surface area contributed by atoms with Crippen molar-refractivity contribution in [2.45, 2.75) is 39.0 Å². The molecule has 0 bridgehead atoms. The third-order valence-corrected chi connectivity index (χ3v) is 3.67. The first-order valence-electron chi connectivity index (χ1n) is 7.46. The fourth-order valence-electron chi connectivity index (χ4n) is 2.52. The van der Waals surface area contributed by atoms with E-state index in [1.54, 1.807) is 0 Å². The number of primary amides is 1. The highest BCUT2D eigenvalue weighted by molar-refractivity contribution is 5.93. The van der Waals surface area contributed by atoms with Gasteiger partial charge in [-0.1, -0.05) is 18.2 Å². The van der Waals surface area contributed by atoms with E-state index in [4.69, 9.17) is 11.5 Å². The van der Waals surface area contributed by atoms with E-state index in [1.165, 1.54) is 0 Å². The lowest BCUT2D eigenvalue weighted by molar-refractivity contribution is -0.118. The number of carbonyl (C=O) groups is 1. The minimum atomic E-state index is -0.286. The molecule has 2 rings (SSSR count). The zero-order valence-corrected chi connectivity index (χ0v) is 12.9. The lowest BCUT2D eigenvalue weighted by Gasteiger charge is -2.10. The summed E-state index contributed by atoms with van der Waals surface area (Å²) < 4.78 is 0. The number of carbonyl (C=O) groups excluding carboxylic acids is 1. The summed E-state index contributed by atoms with van der Waals surface area (Å²) in [6.45, 7) is 1.84. The number of aryl methyl sites for hydroxylation is 2. The second kappa shape index (κ2) is 7.46. The first-order valence-corrected chi connectivity index (χ1v) is 7.46. The topological polar surface area (TPSA) is 82.0 Å². The van der Waals surface area contributed by atoms with Gasteiger partial charge in [0.1, 0.15) is 0 Å². The van der Waals surface area contributed by atoms with Crippen molar-refractivity contribution in [3.63, 3.8) is 0 Å². The largest absolute Gasteiger partial charge is 0.398 e. The number of anilines is 1. The second-order valence-electron chi connectivity index (χ2n) is 5.26. The number of fused-ring (bicyclic) bond motifs is 1. The van der Waals surface area contributed by atoms with Crippen LogP contribution in [0.4, 0.5) is 5.69 Å². The molecule has 0 unspecified atom stereocenters. The van der Waals surface area contributed by atoms with Crippen LogP contribution in [0.25, 0.3) is 10.9 Å². The standard InChI is InChI=1S/C18H21N3O/c1-2-3-4-7-13-8-5-10-15-17(20)14(12-21-18(13)15)9-6-11-16(19)22/h5,8,10,12H,4,6-7,9,11H2,1H3,(H2,19,22)(H2,20,21). The van der Waals surface area contributed by atoms with Gasteiger partial charge >= 0.3 is 0 Å². The summed E-state index contributed by atoms with van der Waals surface area (Å²) in [5, 5.41) is 0.971. The molecule has 4 N–H and O–H groups in total. The number of hydrogen-bond donors (Lipinski definition) is 2. The summed E-state index contributed by atoms with van der Waals surface area (Å²) in [5.41, 5.74) is 15.3. The Morgan fingerprint density at radius 1 is 1.27 bits per heavy atom. The van der Waals surface area contributed by atoms with Gasteiger partial charge in [-0.2, -0.15) is 0 Å². The molecular formula is C18H21N3O. The lowest BCUT2D eigenvalue weighted by atomic mass is 10.0. The maximum atomic E-state index is 10.8. The van der Waals surface area contributed by atoms with Crippen molar-refractivity contribution in [1.82, 2.24) is 4.98 Å². The highest BCUT2D eigenvalue weighted by Crippen LogP contribution is 2.27. The number of hydrogen-bond acceptors (Lipinski definition) is 3. The van der Waals surface area contributed by atoms with Gasteiger partial charge in [0.25, 0.3) is 0 Å². The molecule has 0 aliphatic rings. The summed E-state index contributed by atoms with van der Waals surface area (Å²) in [6.07, 6.45) is 5.27. The van der Waals surface area contributed by atoms with Crippen molar-refractivity contribution in [2.75, 3.05) is 5.73 Å². The molecule has 0 aliphatic carbocycles. The molecule has 2 aromatic rings. The molecule has 0 saturated heterocycles. The fourth-order valence-corrected chi connectivity index (χ4v) is 2.52. The molecule has 4 heteroatoms. The molecule has 0 radical (unpaired) electrons. The van der Waals surface area contributed by atoms with Crippen molar-refractivity contribution in [3.8, 4) is 11.8 Å². The van der Waals surface area contributed by atoms with E-state index in [2.05, 4.69) is 22.9 Å². The van der Waals surface area contributed by atoms with Crippen LogP contribution in [0.3, 0.4) is 0 Å². The Labute approximate surface area is 130 Å². The van der Waals surface area contributed by atoms with Crippen LogP contribution in [-0.4, -0.2) is 10.9 Å². The van der Waals surface area contributed by atoms with Gasteiger partial charge in [0, 0.05) is 30.1 Å². The van der Waals surface area contributed by atoms with Crippen molar-refractivity contribution >= 4 is 22.5 Å². The Morgan fingerprint density at radius 2 is 2.09 bits per heavy atom. The predicted octanol–water partition coefficient (Wildman–Crippen LogP) is 2.58. The molecular weight excluding hydrogens is 274 g/mol. The highest BCUT2D eigenvalue weighted by atomic mass is 16.1. The molecule has 0 saturated carbocycles. The smallest absolute Gasteiger partial charge is 0.217 e. The predicted molar refractivity (Wildman–Crippen MR) is 90.1 cm³/mol. The van der Waals surface area contributed by atoms with Gasteiger partial charge in [-0.25, -0.2) is 0 Å². The Bertz CT molecular complexity index is 741. The molecule has 1 aromatic carbocycles. The molecule has 22 heavy (non-hydrogen) atoms. The SMILES string of the molecule is CC#CCCc1cccc2c(N)c(CCCC(N)=O)cnc12. The Morgan fingerprint density at radius 3 is 2.82 bits per heavy atom. The number of para-hydroxylation sites is 1. The first kappa shape index (κ1) is 15.8. The van der Waals surface area contributed by atoms with Gasteiger partial charge in [-0.05, 0) is 37.3 Å². The van der Waals surface area contributed by atoms with Crippen molar-refractivity contribution in [3.05, 3.63) is 35.5 Å². The normalized spacial score (nSPS) is 10.2. The average Bonchev–Trinajstić information content (AvgIpc) is 2.50. The van der Waals surface area contributed by atoms with Crippen LogP contribution in [0.15, 0.2) is 24.4 Å². The summed E-state index contributed by atoms with van der Waals surface area (Å²) in [7, 11) is 0. The van der Waals surface area contributed by atoms with E-state index in [0.29, 0.717) is 19.3 Å². The second-order valence-corrected chi connectivity index (χ2v) is 5.26. The van der Waals surface area contributed by atoms with Gasteiger partial charge < -0.3 is 11.5 Å². The van der Waals surface area contributed by atoms with Crippen LogP contribution < -0.4 is 11.5 Å². The Hall–Kier alpha value is -2.54. The number of rotatable bonds is 6. The number of nitrogens with two attached hydrogens (primary N) is 2. The van der Waals surface area contributed by atoms with E-state index in [9.17, 15) is 4.79 Å². The van der Waals surface area contributed by atoms with Crippen LogP contribution in [0, 0.1) is 11.8 Å². The molecule has 0 aliphatic heterocycles. The summed E-state index contributed by atoms with van der Waals surface area (Å²) in [6, 6.07) is 6.06. The fraction of sp³-hybridized carbons (Fsp3) is 0.333. The van der Waals surface area contributed by atoms with Gasteiger partial charge in [0.05, 0.1) is 5.52 Å². The number of pyridine rings is 1. The third kappa shape index (κ3) is 3.76. The summed E-state index contributed by atoms with van der Waals surface area (Å²) in [4.78, 5) is 15.4. The lowest BCUT2D eigenvalue weighted by Crippen LogP contribution is -2.10. The molecule has 0 atom stereocenters. The molecule has 4 nitrogen and oxygen atoms in total.